The summed E-state index contributed by atoms with van der Waals surface area (Å²) in [6, 6.07) is 4.50. The Bertz CT molecular complexity index is 1350. The Kier molecular flexibility index (Phi) is 8.45. The molecule has 3 rings (SSSR count). The van der Waals surface area contributed by atoms with Crippen LogP contribution in [0.15, 0.2) is 30.3 Å². The zero-order valence-electron chi connectivity index (χ0n) is 20.1. The van der Waals surface area contributed by atoms with Gasteiger partial charge in [0, 0.05) is 44.4 Å². The smallest absolute Gasteiger partial charge is 0.354 e. The van der Waals surface area contributed by atoms with Crippen LogP contribution in [0.3, 0.4) is 0 Å². The first kappa shape index (κ1) is 27.9. The lowest BCUT2D eigenvalue weighted by Crippen LogP contribution is -2.45. The summed E-state index contributed by atoms with van der Waals surface area (Å²) in [5, 5.41) is 2.54. The number of aromatic nitrogens is 1. The number of carbonyl (C=O) groups excluding carboxylic acids is 1. The number of sulfonamides is 1. The van der Waals surface area contributed by atoms with Crippen LogP contribution in [0, 0.1) is 18.2 Å². The maximum atomic E-state index is 14.4. The second-order valence-electron chi connectivity index (χ2n) is 8.47. The number of hydrogen-bond donors (Lipinski definition) is 2. The van der Waals surface area contributed by atoms with E-state index in [1.807, 2.05) is 16.7 Å². The lowest BCUT2D eigenvalue weighted by molar-refractivity contribution is -0.141. The lowest BCUT2D eigenvalue weighted by atomic mass is 10.1. The SMILES string of the molecule is C#Cc1cc(CNC(=O)/C=C/c2ccc(C(F)(F)F)nc2N2CCN(C)CC2)cc(F)c1NS(C)(=O)=O. The number of terminal acetylenes is 1. The van der Waals surface area contributed by atoms with Crippen LogP contribution in [0.2, 0.25) is 0 Å². The number of pyridine rings is 1. The van der Waals surface area contributed by atoms with Crippen LogP contribution in [-0.2, 0) is 27.5 Å². The van der Waals surface area contributed by atoms with Crippen molar-refractivity contribution in [1.29, 1.82) is 0 Å². The third-order valence-corrected chi connectivity index (χ3v) is 6.05. The predicted molar refractivity (Wildman–Crippen MR) is 133 cm³/mol. The van der Waals surface area contributed by atoms with Crippen LogP contribution in [0.25, 0.3) is 6.08 Å². The minimum Gasteiger partial charge on any atom is -0.354 e. The van der Waals surface area contributed by atoms with E-state index in [4.69, 9.17) is 6.42 Å². The third-order valence-electron chi connectivity index (χ3n) is 5.47. The van der Waals surface area contributed by atoms with Gasteiger partial charge in [-0.3, -0.25) is 9.52 Å². The summed E-state index contributed by atoms with van der Waals surface area (Å²) in [5.74, 6) is 0.826. The highest BCUT2D eigenvalue weighted by molar-refractivity contribution is 7.92. The summed E-state index contributed by atoms with van der Waals surface area (Å²) < 4.78 is 79.1. The number of benzene rings is 1. The minimum atomic E-state index is -4.61. The van der Waals surface area contributed by atoms with Crippen LogP contribution in [-0.4, -0.2) is 63.7 Å². The highest BCUT2D eigenvalue weighted by Crippen LogP contribution is 2.31. The predicted octanol–water partition coefficient (Wildman–Crippen LogP) is 2.67. The molecule has 1 aromatic heterocycles. The topological polar surface area (TPSA) is 94.6 Å². The molecule has 0 saturated carbocycles. The summed E-state index contributed by atoms with van der Waals surface area (Å²) in [4.78, 5) is 20.0. The van der Waals surface area contributed by atoms with E-state index in [1.165, 1.54) is 18.2 Å². The average Bonchev–Trinajstić information content (AvgIpc) is 2.82. The Balaban J connectivity index is 1.76. The van der Waals surface area contributed by atoms with Crippen molar-refractivity contribution in [2.75, 3.05) is 49.1 Å². The molecule has 2 aromatic rings. The normalized spacial score (nSPS) is 15.0. The summed E-state index contributed by atoms with van der Waals surface area (Å²) in [7, 11) is -1.85. The van der Waals surface area contributed by atoms with Crippen LogP contribution in [0.4, 0.5) is 29.1 Å². The van der Waals surface area contributed by atoms with E-state index in [2.05, 4.69) is 16.2 Å². The summed E-state index contributed by atoms with van der Waals surface area (Å²) in [6.07, 6.45) is 4.11. The minimum absolute atomic E-state index is 0.0436. The number of rotatable bonds is 7. The summed E-state index contributed by atoms with van der Waals surface area (Å²) in [5.41, 5.74) is -0.822. The van der Waals surface area contributed by atoms with E-state index in [0.29, 0.717) is 31.7 Å². The molecular formula is C24H25F4N5O3S. The molecule has 1 amide bonds. The number of alkyl halides is 3. The Hall–Kier alpha value is -3.63. The number of amides is 1. The molecule has 2 N–H and O–H groups in total. The van der Waals surface area contributed by atoms with E-state index < -0.39 is 33.6 Å². The number of nitrogens with zero attached hydrogens (tertiary/aromatic N) is 3. The highest BCUT2D eigenvalue weighted by Gasteiger charge is 2.33. The molecular weight excluding hydrogens is 514 g/mol. The molecule has 1 aromatic carbocycles. The summed E-state index contributed by atoms with van der Waals surface area (Å²) >= 11 is 0. The second-order valence-corrected chi connectivity index (χ2v) is 10.2. The molecule has 1 aliphatic heterocycles. The van der Waals surface area contributed by atoms with Gasteiger partial charge >= 0.3 is 6.18 Å². The molecule has 198 valence electrons. The quantitative estimate of drug-likeness (QED) is 0.319. The van der Waals surface area contributed by atoms with Gasteiger partial charge in [0.15, 0.2) is 0 Å². The average molecular weight is 540 g/mol. The zero-order valence-corrected chi connectivity index (χ0v) is 20.9. The summed E-state index contributed by atoms with van der Waals surface area (Å²) in [6.45, 7) is 2.12. The molecule has 37 heavy (non-hydrogen) atoms. The van der Waals surface area contributed by atoms with Crippen molar-refractivity contribution < 1.29 is 30.8 Å². The molecule has 0 spiro atoms. The van der Waals surface area contributed by atoms with Gasteiger partial charge in [-0.15, -0.1) is 6.42 Å². The van der Waals surface area contributed by atoms with E-state index in [9.17, 15) is 30.8 Å². The van der Waals surface area contributed by atoms with Gasteiger partial charge in [-0.2, -0.15) is 13.2 Å². The van der Waals surface area contributed by atoms with Gasteiger partial charge in [-0.25, -0.2) is 17.8 Å². The van der Waals surface area contributed by atoms with Crippen LogP contribution in [0.5, 0.6) is 0 Å². The molecule has 1 saturated heterocycles. The van der Waals surface area contributed by atoms with Crippen molar-refractivity contribution in [2.24, 2.45) is 0 Å². The number of anilines is 2. The fraction of sp³-hybridized carbons (Fsp3) is 0.333. The fourth-order valence-corrected chi connectivity index (χ4v) is 4.18. The number of likely N-dealkylation sites (N-methyl/N-ethyl adjacent to an activating group) is 1. The molecule has 0 aliphatic carbocycles. The Morgan fingerprint density at radius 3 is 2.49 bits per heavy atom. The Morgan fingerprint density at radius 2 is 1.89 bits per heavy atom. The number of nitrogens with one attached hydrogen (secondary N) is 2. The third kappa shape index (κ3) is 7.68. The maximum Gasteiger partial charge on any atom is 0.433 e. The van der Waals surface area contributed by atoms with Gasteiger partial charge in [0.2, 0.25) is 15.9 Å². The van der Waals surface area contributed by atoms with E-state index >= 15 is 0 Å². The Morgan fingerprint density at radius 1 is 1.22 bits per heavy atom. The second kappa shape index (κ2) is 11.2. The van der Waals surface area contributed by atoms with Crippen molar-refractivity contribution in [3.8, 4) is 12.3 Å². The first-order chi connectivity index (χ1) is 17.3. The molecule has 0 atom stereocenters. The molecule has 0 bridgehead atoms. The Labute approximate surface area is 212 Å². The van der Waals surface area contributed by atoms with Gasteiger partial charge in [0.25, 0.3) is 0 Å². The van der Waals surface area contributed by atoms with E-state index in [-0.39, 0.29) is 29.2 Å². The first-order valence-electron chi connectivity index (χ1n) is 11.0. The van der Waals surface area contributed by atoms with Gasteiger partial charge in [-0.05, 0) is 43.0 Å². The van der Waals surface area contributed by atoms with Gasteiger partial charge in [0.1, 0.15) is 17.3 Å². The van der Waals surface area contributed by atoms with Crippen molar-refractivity contribution in [3.05, 3.63) is 58.5 Å². The van der Waals surface area contributed by atoms with Crippen LogP contribution < -0.4 is 14.9 Å². The van der Waals surface area contributed by atoms with Crippen molar-refractivity contribution in [1.82, 2.24) is 15.2 Å². The zero-order chi connectivity index (χ0) is 27.4. The lowest BCUT2D eigenvalue weighted by Gasteiger charge is -2.34. The van der Waals surface area contributed by atoms with E-state index in [0.717, 1.165) is 24.5 Å². The van der Waals surface area contributed by atoms with Crippen molar-refractivity contribution in [3.63, 3.8) is 0 Å². The molecule has 2 heterocycles. The van der Waals surface area contributed by atoms with Gasteiger partial charge in [0.05, 0.1) is 17.5 Å². The van der Waals surface area contributed by atoms with Crippen LogP contribution in [0.1, 0.15) is 22.4 Å². The standard InChI is InChI=1S/C24H25F4N5O3S/c1-4-17-13-16(14-19(25)22(17)31-37(3,35)36)15-29-21(34)8-6-18-5-7-20(24(26,27)28)30-23(18)33-11-9-32(2)10-12-33/h1,5-8,13-14,31H,9-12,15H2,2-3H3,(H,29,34)/b8-6+. The van der Waals surface area contributed by atoms with Crippen molar-refractivity contribution in [2.45, 2.75) is 12.7 Å². The monoisotopic (exact) mass is 539 g/mol. The van der Waals surface area contributed by atoms with Gasteiger partial charge in [-0.1, -0.05) is 5.92 Å². The van der Waals surface area contributed by atoms with Crippen molar-refractivity contribution >= 4 is 33.5 Å². The number of halogens is 4. The number of carbonyl (C=O) groups is 1. The van der Waals surface area contributed by atoms with Crippen LogP contribution >= 0.6 is 0 Å². The van der Waals surface area contributed by atoms with Gasteiger partial charge < -0.3 is 15.1 Å². The number of piperazine rings is 1. The largest absolute Gasteiger partial charge is 0.433 e. The molecule has 1 fully saturated rings. The molecule has 0 radical (unpaired) electrons. The molecule has 0 unspecified atom stereocenters. The maximum absolute atomic E-state index is 14.4. The first-order valence-corrected chi connectivity index (χ1v) is 12.9. The molecule has 1 aliphatic rings. The molecule has 13 heteroatoms. The molecule has 8 nitrogen and oxygen atoms in total. The number of hydrogen-bond acceptors (Lipinski definition) is 6. The highest BCUT2D eigenvalue weighted by atomic mass is 32.2. The van der Waals surface area contributed by atoms with E-state index in [1.54, 1.807) is 4.90 Å². The fourth-order valence-electron chi connectivity index (χ4n) is 3.60.